The molecule has 1 aromatic carbocycles. The van der Waals surface area contributed by atoms with Crippen LogP contribution >= 0.6 is 0 Å². The Hall–Kier alpha value is -2.25. The van der Waals surface area contributed by atoms with Crippen LogP contribution < -0.4 is 0 Å². The highest BCUT2D eigenvalue weighted by Gasteiger charge is 2.20. The van der Waals surface area contributed by atoms with E-state index in [9.17, 15) is 9.18 Å². The Morgan fingerprint density at radius 1 is 1.26 bits per heavy atom. The summed E-state index contributed by atoms with van der Waals surface area (Å²) in [6, 6.07) is 8.66. The van der Waals surface area contributed by atoms with Gasteiger partial charge in [0.1, 0.15) is 5.82 Å². The molecule has 27 heavy (non-hydrogen) atoms. The van der Waals surface area contributed by atoms with Gasteiger partial charge in [0.2, 0.25) is 5.91 Å². The van der Waals surface area contributed by atoms with Crippen molar-refractivity contribution in [1.82, 2.24) is 19.6 Å². The number of amides is 1. The van der Waals surface area contributed by atoms with E-state index in [0.717, 1.165) is 43.0 Å². The summed E-state index contributed by atoms with van der Waals surface area (Å²) in [7, 11) is 3.63. The van der Waals surface area contributed by atoms with E-state index in [0.29, 0.717) is 26.1 Å². The standard InChI is InChI=1S/C20H27FN4O2/c1-23(13-16-4-6-17(21)7-5-16)14-18-12-19-15-24(20(26)8-11-27-2)9-3-10-25(19)22-18/h4-7,12H,3,8-11,13-15H2,1-2H3. The van der Waals surface area contributed by atoms with Crippen molar-refractivity contribution in [2.45, 2.75) is 39.0 Å². The summed E-state index contributed by atoms with van der Waals surface area (Å²) in [4.78, 5) is 16.4. The third kappa shape index (κ3) is 5.37. The summed E-state index contributed by atoms with van der Waals surface area (Å²) in [5.74, 6) is -0.0923. The lowest BCUT2D eigenvalue weighted by Crippen LogP contribution is -2.31. The molecule has 0 atom stereocenters. The molecule has 1 amide bonds. The summed E-state index contributed by atoms with van der Waals surface area (Å²) in [6.45, 7) is 4.06. The molecule has 6 nitrogen and oxygen atoms in total. The minimum absolute atomic E-state index is 0.126. The number of nitrogens with zero attached hydrogens (tertiary/aromatic N) is 4. The molecule has 0 saturated heterocycles. The number of carbonyl (C=O) groups excluding carboxylic acids is 1. The number of hydrogen-bond acceptors (Lipinski definition) is 4. The molecule has 0 unspecified atom stereocenters. The molecule has 0 aliphatic carbocycles. The second-order valence-electron chi connectivity index (χ2n) is 7.06. The second-order valence-corrected chi connectivity index (χ2v) is 7.06. The molecule has 0 fully saturated rings. The van der Waals surface area contributed by atoms with Crippen molar-refractivity contribution < 1.29 is 13.9 Å². The van der Waals surface area contributed by atoms with E-state index in [1.54, 1.807) is 19.2 Å². The number of benzene rings is 1. The van der Waals surface area contributed by atoms with Crippen LogP contribution in [0.4, 0.5) is 4.39 Å². The molecule has 2 aromatic rings. The van der Waals surface area contributed by atoms with Gasteiger partial charge in [0.15, 0.2) is 0 Å². The van der Waals surface area contributed by atoms with E-state index >= 15 is 0 Å². The van der Waals surface area contributed by atoms with Crippen LogP contribution in [-0.4, -0.2) is 52.8 Å². The highest BCUT2D eigenvalue weighted by atomic mass is 19.1. The minimum atomic E-state index is -0.219. The Morgan fingerprint density at radius 2 is 2.04 bits per heavy atom. The predicted octanol–water partition coefficient (Wildman–Crippen LogP) is 2.42. The fourth-order valence-corrected chi connectivity index (χ4v) is 3.39. The van der Waals surface area contributed by atoms with E-state index in [1.807, 2.05) is 16.6 Å². The SMILES string of the molecule is COCCC(=O)N1CCCn2nc(CN(C)Cc3ccc(F)cc3)cc2C1. The maximum atomic E-state index is 13.0. The molecule has 1 aliphatic heterocycles. The number of aryl methyl sites for hydroxylation is 1. The predicted molar refractivity (Wildman–Crippen MR) is 100 cm³/mol. The zero-order chi connectivity index (χ0) is 19.2. The Balaban J connectivity index is 1.61. The van der Waals surface area contributed by atoms with Crippen molar-refractivity contribution in [1.29, 1.82) is 0 Å². The number of aromatic nitrogens is 2. The Morgan fingerprint density at radius 3 is 2.78 bits per heavy atom. The lowest BCUT2D eigenvalue weighted by molar-refractivity contribution is -0.132. The molecule has 1 aromatic heterocycles. The van der Waals surface area contributed by atoms with Gasteiger partial charge in [0.05, 0.1) is 31.0 Å². The molecule has 3 rings (SSSR count). The maximum absolute atomic E-state index is 13.0. The smallest absolute Gasteiger partial charge is 0.225 e. The number of carbonyl (C=O) groups is 1. The first-order valence-corrected chi connectivity index (χ1v) is 9.30. The zero-order valence-corrected chi connectivity index (χ0v) is 16.0. The van der Waals surface area contributed by atoms with Gasteiger partial charge in [-0.3, -0.25) is 14.4 Å². The quantitative estimate of drug-likeness (QED) is 0.747. The minimum Gasteiger partial charge on any atom is -0.384 e. The van der Waals surface area contributed by atoms with E-state index in [-0.39, 0.29) is 11.7 Å². The molecular weight excluding hydrogens is 347 g/mol. The maximum Gasteiger partial charge on any atom is 0.225 e. The van der Waals surface area contributed by atoms with Crippen LogP contribution in [0.15, 0.2) is 30.3 Å². The number of methoxy groups -OCH3 is 1. The first-order valence-electron chi connectivity index (χ1n) is 9.30. The van der Waals surface area contributed by atoms with Crippen LogP contribution in [0.25, 0.3) is 0 Å². The van der Waals surface area contributed by atoms with Gasteiger partial charge >= 0.3 is 0 Å². The van der Waals surface area contributed by atoms with E-state index in [2.05, 4.69) is 11.0 Å². The normalized spacial score (nSPS) is 14.3. The van der Waals surface area contributed by atoms with Crippen molar-refractivity contribution in [2.75, 3.05) is 27.3 Å². The van der Waals surface area contributed by atoms with E-state index in [4.69, 9.17) is 9.84 Å². The van der Waals surface area contributed by atoms with Gasteiger partial charge in [-0.1, -0.05) is 12.1 Å². The number of hydrogen-bond donors (Lipinski definition) is 0. The fraction of sp³-hybridized carbons (Fsp3) is 0.500. The Kier molecular flexibility index (Phi) is 6.58. The molecule has 0 radical (unpaired) electrons. The van der Waals surface area contributed by atoms with Crippen molar-refractivity contribution in [3.63, 3.8) is 0 Å². The van der Waals surface area contributed by atoms with Gasteiger partial charge in [-0.05, 0) is 37.2 Å². The van der Waals surface area contributed by atoms with Gasteiger partial charge in [0, 0.05) is 33.3 Å². The zero-order valence-electron chi connectivity index (χ0n) is 16.0. The lowest BCUT2D eigenvalue weighted by Gasteiger charge is -2.19. The lowest BCUT2D eigenvalue weighted by atomic mass is 10.2. The van der Waals surface area contributed by atoms with Crippen LogP contribution in [0.1, 0.15) is 29.8 Å². The molecule has 0 N–H and O–H groups in total. The molecule has 146 valence electrons. The van der Waals surface area contributed by atoms with E-state index in [1.165, 1.54) is 12.1 Å². The average Bonchev–Trinajstić information content (AvgIpc) is 2.90. The molecular formula is C20H27FN4O2. The van der Waals surface area contributed by atoms with Crippen LogP contribution in [0.3, 0.4) is 0 Å². The first-order chi connectivity index (χ1) is 13.0. The number of fused-ring (bicyclic) bond motifs is 1. The third-order valence-corrected chi connectivity index (χ3v) is 4.74. The van der Waals surface area contributed by atoms with Crippen LogP contribution in [0.5, 0.6) is 0 Å². The molecule has 7 heteroatoms. The Bertz CT molecular complexity index is 760. The summed E-state index contributed by atoms with van der Waals surface area (Å²) in [6.07, 6.45) is 1.32. The fourth-order valence-electron chi connectivity index (χ4n) is 3.39. The topological polar surface area (TPSA) is 50.6 Å². The van der Waals surface area contributed by atoms with E-state index < -0.39 is 0 Å². The van der Waals surface area contributed by atoms with Crippen molar-refractivity contribution in [2.24, 2.45) is 0 Å². The molecule has 2 heterocycles. The van der Waals surface area contributed by atoms with Crippen LogP contribution in [0, 0.1) is 5.82 Å². The van der Waals surface area contributed by atoms with Crippen molar-refractivity contribution >= 4 is 5.91 Å². The monoisotopic (exact) mass is 374 g/mol. The van der Waals surface area contributed by atoms with Crippen molar-refractivity contribution in [3.8, 4) is 0 Å². The average molecular weight is 374 g/mol. The van der Waals surface area contributed by atoms with Gasteiger partial charge in [0.25, 0.3) is 0 Å². The first kappa shape index (κ1) is 19.5. The second kappa shape index (κ2) is 9.10. The molecule has 0 spiro atoms. The van der Waals surface area contributed by atoms with Gasteiger partial charge in [-0.25, -0.2) is 4.39 Å². The van der Waals surface area contributed by atoms with Gasteiger partial charge in [-0.2, -0.15) is 5.10 Å². The summed E-state index contributed by atoms with van der Waals surface area (Å²) < 4.78 is 20.1. The summed E-state index contributed by atoms with van der Waals surface area (Å²) in [5, 5.41) is 4.71. The molecule has 0 saturated carbocycles. The van der Waals surface area contributed by atoms with Gasteiger partial charge < -0.3 is 9.64 Å². The number of ether oxygens (including phenoxy) is 1. The Labute approximate surface area is 159 Å². The highest BCUT2D eigenvalue weighted by Crippen LogP contribution is 2.16. The van der Waals surface area contributed by atoms with Crippen LogP contribution in [0.2, 0.25) is 0 Å². The molecule has 1 aliphatic rings. The summed E-state index contributed by atoms with van der Waals surface area (Å²) >= 11 is 0. The van der Waals surface area contributed by atoms with Gasteiger partial charge in [-0.15, -0.1) is 0 Å². The highest BCUT2D eigenvalue weighted by molar-refractivity contribution is 5.76. The largest absolute Gasteiger partial charge is 0.384 e. The molecule has 0 bridgehead atoms. The van der Waals surface area contributed by atoms with Crippen LogP contribution in [-0.2, 0) is 35.7 Å². The number of halogens is 1. The van der Waals surface area contributed by atoms with Crippen molar-refractivity contribution in [3.05, 3.63) is 53.1 Å². The number of rotatable bonds is 7. The summed E-state index contributed by atoms with van der Waals surface area (Å²) in [5.41, 5.74) is 3.12. The third-order valence-electron chi connectivity index (χ3n) is 4.74.